The molecule has 0 radical (unpaired) electrons. The smallest absolute Gasteiger partial charge is 0.158 e. The lowest BCUT2D eigenvalue weighted by Crippen LogP contribution is -2.05. The van der Waals surface area contributed by atoms with Gasteiger partial charge in [-0.2, -0.15) is 0 Å². The van der Waals surface area contributed by atoms with Crippen molar-refractivity contribution in [1.82, 2.24) is 9.97 Å². The minimum atomic E-state index is -0.293. The number of anilines is 3. The molecule has 0 aliphatic rings. The first-order chi connectivity index (χ1) is 9.62. The number of halogens is 1. The number of aryl methyl sites for hydroxylation is 1. The van der Waals surface area contributed by atoms with Gasteiger partial charge in [0.05, 0.1) is 0 Å². The third kappa shape index (κ3) is 3.42. The highest BCUT2D eigenvalue weighted by atomic mass is 19.1. The number of aromatic nitrogens is 2. The van der Waals surface area contributed by atoms with Crippen LogP contribution in [0.5, 0.6) is 0 Å². The Bertz CT molecular complexity index is 604. The molecule has 0 spiro atoms. The average molecular weight is 276 g/mol. The number of nitrogens with zero attached hydrogens (tertiary/aromatic N) is 2. The van der Waals surface area contributed by atoms with Crippen molar-refractivity contribution in [2.45, 2.75) is 13.5 Å². The Morgan fingerprint density at radius 3 is 2.65 bits per heavy atom. The van der Waals surface area contributed by atoms with Crippen molar-refractivity contribution >= 4 is 17.3 Å². The zero-order valence-corrected chi connectivity index (χ0v) is 11.7. The van der Waals surface area contributed by atoms with E-state index >= 15 is 0 Å². The van der Waals surface area contributed by atoms with Gasteiger partial charge in [-0.25, -0.2) is 14.4 Å². The van der Waals surface area contributed by atoms with Gasteiger partial charge >= 0.3 is 0 Å². The summed E-state index contributed by atoms with van der Waals surface area (Å²) in [5.41, 5.74) is 1.61. The summed E-state index contributed by atoms with van der Waals surface area (Å²) in [6.07, 6.45) is 0. The van der Waals surface area contributed by atoms with E-state index in [0.717, 1.165) is 5.56 Å². The average Bonchev–Trinajstić information content (AvgIpc) is 2.43. The van der Waals surface area contributed by atoms with Crippen molar-refractivity contribution in [3.8, 4) is 0 Å². The van der Waals surface area contributed by atoms with Crippen LogP contribution >= 0.6 is 0 Å². The van der Waals surface area contributed by atoms with Gasteiger partial charge in [0, 0.05) is 25.9 Å². The summed E-state index contributed by atoms with van der Waals surface area (Å²) in [6.45, 7) is 2.21. The molecule has 5 nitrogen and oxygen atoms in total. The molecule has 2 aromatic rings. The molecule has 0 saturated carbocycles. The van der Waals surface area contributed by atoms with E-state index in [4.69, 9.17) is 4.74 Å². The van der Waals surface area contributed by atoms with Crippen LogP contribution < -0.4 is 10.6 Å². The Labute approximate surface area is 117 Å². The number of rotatable bonds is 5. The van der Waals surface area contributed by atoms with Crippen LogP contribution in [0.25, 0.3) is 0 Å². The normalized spacial score (nSPS) is 10.4. The fourth-order valence-electron chi connectivity index (χ4n) is 1.75. The van der Waals surface area contributed by atoms with Crippen LogP contribution in [0.15, 0.2) is 24.3 Å². The monoisotopic (exact) mass is 276 g/mol. The van der Waals surface area contributed by atoms with Gasteiger partial charge in [-0.1, -0.05) is 6.07 Å². The Balaban J connectivity index is 2.32. The van der Waals surface area contributed by atoms with Crippen molar-refractivity contribution < 1.29 is 9.13 Å². The fourth-order valence-corrected chi connectivity index (χ4v) is 1.75. The molecule has 0 saturated heterocycles. The number of hydrogen-bond donors (Lipinski definition) is 2. The van der Waals surface area contributed by atoms with Gasteiger partial charge in [-0.15, -0.1) is 0 Å². The molecule has 0 aliphatic heterocycles. The third-order valence-corrected chi connectivity index (χ3v) is 2.76. The summed E-state index contributed by atoms with van der Waals surface area (Å²) < 4.78 is 18.3. The van der Waals surface area contributed by atoms with Crippen LogP contribution in [0.4, 0.5) is 21.7 Å². The summed E-state index contributed by atoms with van der Waals surface area (Å²) in [5, 5.41) is 6.06. The lowest BCUT2D eigenvalue weighted by molar-refractivity contribution is 0.178. The van der Waals surface area contributed by atoms with Gasteiger partial charge in [0.15, 0.2) is 5.82 Å². The van der Waals surface area contributed by atoms with Crippen LogP contribution in [0, 0.1) is 12.7 Å². The number of nitrogens with one attached hydrogen (secondary N) is 2. The second kappa shape index (κ2) is 6.29. The molecule has 6 heteroatoms. The standard InChI is InChI=1S/C14H17FN4O/c1-9-4-5-10(15)6-11(9)17-13-7-12(16-2)18-14(19-13)8-20-3/h4-7H,8H2,1-3H3,(H2,16,17,18,19). The molecule has 20 heavy (non-hydrogen) atoms. The number of hydrogen-bond acceptors (Lipinski definition) is 5. The van der Waals surface area contributed by atoms with Crippen LogP contribution in [0.1, 0.15) is 11.4 Å². The van der Waals surface area contributed by atoms with Gasteiger partial charge in [0.25, 0.3) is 0 Å². The van der Waals surface area contributed by atoms with Crippen molar-refractivity contribution in [3.63, 3.8) is 0 Å². The highest BCUT2D eigenvalue weighted by molar-refractivity contribution is 5.62. The van der Waals surface area contributed by atoms with Crippen LogP contribution in [-0.4, -0.2) is 24.1 Å². The minimum Gasteiger partial charge on any atom is -0.377 e. The van der Waals surface area contributed by atoms with Crippen molar-refractivity contribution in [3.05, 3.63) is 41.5 Å². The maximum absolute atomic E-state index is 13.3. The molecular weight excluding hydrogens is 259 g/mol. The molecular formula is C14H17FN4O. The molecule has 0 fully saturated rings. The lowest BCUT2D eigenvalue weighted by Gasteiger charge is -2.11. The SMILES string of the molecule is CNc1cc(Nc2cc(F)ccc2C)nc(COC)n1. The summed E-state index contributed by atoms with van der Waals surface area (Å²) >= 11 is 0. The molecule has 1 aromatic heterocycles. The summed E-state index contributed by atoms with van der Waals surface area (Å²) in [7, 11) is 3.36. The molecule has 0 unspecified atom stereocenters. The van der Waals surface area contributed by atoms with E-state index in [1.807, 2.05) is 6.92 Å². The predicted molar refractivity (Wildman–Crippen MR) is 76.7 cm³/mol. The minimum absolute atomic E-state index is 0.293. The summed E-state index contributed by atoms with van der Waals surface area (Å²) in [6, 6.07) is 6.33. The number of methoxy groups -OCH3 is 1. The van der Waals surface area contributed by atoms with Gasteiger partial charge in [0.2, 0.25) is 0 Å². The predicted octanol–water partition coefficient (Wildman–Crippen LogP) is 2.86. The van der Waals surface area contributed by atoms with Gasteiger partial charge in [-0.3, -0.25) is 0 Å². The van der Waals surface area contributed by atoms with Crippen LogP contribution in [-0.2, 0) is 11.3 Å². The molecule has 1 heterocycles. The molecule has 2 rings (SSSR count). The molecule has 0 amide bonds. The van der Waals surface area contributed by atoms with Crippen molar-refractivity contribution in [2.75, 3.05) is 24.8 Å². The summed E-state index contributed by atoms with van der Waals surface area (Å²) in [4.78, 5) is 8.59. The lowest BCUT2D eigenvalue weighted by atomic mass is 10.2. The van der Waals surface area contributed by atoms with Crippen molar-refractivity contribution in [2.24, 2.45) is 0 Å². The van der Waals surface area contributed by atoms with Crippen LogP contribution in [0.2, 0.25) is 0 Å². The molecule has 2 N–H and O–H groups in total. The van der Waals surface area contributed by atoms with E-state index in [2.05, 4.69) is 20.6 Å². The van der Waals surface area contributed by atoms with E-state index < -0.39 is 0 Å². The van der Waals surface area contributed by atoms with E-state index in [-0.39, 0.29) is 5.82 Å². The highest BCUT2D eigenvalue weighted by Gasteiger charge is 2.06. The first-order valence-corrected chi connectivity index (χ1v) is 6.20. The Hall–Kier alpha value is -2.21. The molecule has 0 atom stereocenters. The van der Waals surface area contributed by atoms with E-state index in [1.54, 1.807) is 26.3 Å². The fraction of sp³-hybridized carbons (Fsp3) is 0.286. The maximum Gasteiger partial charge on any atom is 0.158 e. The van der Waals surface area contributed by atoms with E-state index in [0.29, 0.717) is 29.8 Å². The largest absolute Gasteiger partial charge is 0.377 e. The van der Waals surface area contributed by atoms with Gasteiger partial charge < -0.3 is 15.4 Å². The van der Waals surface area contributed by atoms with Gasteiger partial charge in [-0.05, 0) is 24.6 Å². The molecule has 106 valence electrons. The second-order valence-electron chi connectivity index (χ2n) is 4.32. The zero-order chi connectivity index (χ0) is 14.5. The third-order valence-electron chi connectivity index (χ3n) is 2.76. The molecule has 0 aliphatic carbocycles. The maximum atomic E-state index is 13.3. The second-order valence-corrected chi connectivity index (χ2v) is 4.32. The van der Waals surface area contributed by atoms with E-state index in [1.165, 1.54) is 12.1 Å². The Morgan fingerprint density at radius 1 is 1.20 bits per heavy atom. The van der Waals surface area contributed by atoms with E-state index in [9.17, 15) is 4.39 Å². The highest BCUT2D eigenvalue weighted by Crippen LogP contribution is 2.21. The number of ether oxygens (including phenoxy) is 1. The topological polar surface area (TPSA) is 59.1 Å². The van der Waals surface area contributed by atoms with Crippen LogP contribution in [0.3, 0.4) is 0 Å². The molecule has 0 bridgehead atoms. The number of benzene rings is 1. The summed E-state index contributed by atoms with van der Waals surface area (Å²) in [5.74, 6) is 1.52. The quantitative estimate of drug-likeness (QED) is 0.879. The van der Waals surface area contributed by atoms with Gasteiger partial charge in [0.1, 0.15) is 24.1 Å². The molecule has 1 aromatic carbocycles. The first kappa shape index (κ1) is 14.2. The Kier molecular flexibility index (Phi) is 4.47. The zero-order valence-electron chi connectivity index (χ0n) is 11.7. The Morgan fingerprint density at radius 2 is 1.95 bits per heavy atom. The first-order valence-electron chi connectivity index (χ1n) is 6.20. The van der Waals surface area contributed by atoms with Crippen molar-refractivity contribution in [1.29, 1.82) is 0 Å².